The average molecular weight is 354 g/mol. The maximum atomic E-state index is 12.7. The fourth-order valence-corrected chi connectivity index (χ4v) is 3.81. The molecule has 2 aliphatic carbocycles. The van der Waals surface area contributed by atoms with Crippen LogP contribution in [0, 0.1) is 11.8 Å². The molecule has 2 aromatic carbocycles. The average Bonchev–Trinajstić information content (AvgIpc) is 2.95. The van der Waals surface area contributed by atoms with Gasteiger partial charge < -0.3 is 0 Å². The van der Waals surface area contributed by atoms with Crippen LogP contribution in [0.1, 0.15) is 22.3 Å². The van der Waals surface area contributed by atoms with Gasteiger partial charge in [-0.1, -0.05) is 85.0 Å². The molecule has 4 rings (SSSR count). The fourth-order valence-electron chi connectivity index (χ4n) is 3.81. The van der Waals surface area contributed by atoms with E-state index in [1.54, 1.807) is 36.4 Å². The molecule has 2 atom stereocenters. The summed E-state index contributed by atoms with van der Waals surface area (Å²) in [5, 5.41) is 0. The number of ketones is 3. The summed E-state index contributed by atoms with van der Waals surface area (Å²) in [5.74, 6) is -2.04. The second-order valence-corrected chi connectivity index (χ2v) is 6.81. The van der Waals surface area contributed by atoms with Gasteiger partial charge in [-0.25, -0.2) is 0 Å². The number of rotatable bonds is 4. The summed E-state index contributed by atoms with van der Waals surface area (Å²) in [6.07, 6.45) is 7.46. The standard InChI is InChI=1S/C24H18O3/c25-21(17-10-5-2-6-11-17)15-20-22-18(14-16-8-3-1-4-9-16)12-7-13-19(22)23(26)24(20)27/h1-14,20,22H,15H2. The van der Waals surface area contributed by atoms with Gasteiger partial charge in [0.2, 0.25) is 11.6 Å². The first-order chi connectivity index (χ1) is 13.1. The van der Waals surface area contributed by atoms with Crippen LogP contribution in [0.2, 0.25) is 0 Å². The van der Waals surface area contributed by atoms with Crippen molar-refractivity contribution in [2.45, 2.75) is 6.42 Å². The first-order valence-electron chi connectivity index (χ1n) is 8.97. The number of hydrogen-bond acceptors (Lipinski definition) is 3. The van der Waals surface area contributed by atoms with Gasteiger partial charge in [0.25, 0.3) is 0 Å². The summed E-state index contributed by atoms with van der Waals surface area (Å²) < 4.78 is 0. The quantitative estimate of drug-likeness (QED) is 0.610. The van der Waals surface area contributed by atoms with Crippen molar-refractivity contribution in [3.05, 3.63) is 101 Å². The Labute approximate surface area is 157 Å². The van der Waals surface area contributed by atoms with E-state index >= 15 is 0 Å². The third kappa shape index (κ3) is 3.24. The lowest BCUT2D eigenvalue weighted by molar-refractivity contribution is -0.134. The Morgan fingerprint density at radius 3 is 2.30 bits per heavy atom. The summed E-state index contributed by atoms with van der Waals surface area (Å²) in [4.78, 5) is 37.8. The lowest BCUT2D eigenvalue weighted by Gasteiger charge is -2.22. The van der Waals surface area contributed by atoms with Crippen LogP contribution in [-0.2, 0) is 9.59 Å². The Kier molecular flexibility index (Phi) is 4.51. The molecule has 0 aliphatic heterocycles. The van der Waals surface area contributed by atoms with Gasteiger partial charge in [-0.05, 0) is 11.1 Å². The molecule has 0 spiro atoms. The van der Waals surface area contributed by atoms with Crippen LogP contribution in [0.4, 0.5) is 0 Å². The van der Waals surface area contributed by atoms with E-state index in [9.17, 15) is 14.4 Å². The molecule has 2 unspecified atom stereocenters. The SMILES string of the molecule is O=C1C(=O)C(CC(=O)c2ccccc2)C2C(=Cc3ccccc3)C=CC=C12. The third-order valence-corrected chi connectivity index (χ3v) is 5.12. The molecular formula is C24H18O3. The zero-order valence-corrected chi connectivity index (χ0v) is 14.7. The third-order valence-electron chi connectivity index (χ3n) is 5.12. The fraction of sp³-hybridized carbons (Fsp3) is 0.125. The van der Waals surface area contributed by atoms with Crippen molar-refractivity contribution in [1.29, 1.82) is 0 Å². The monoisotopic (exact) mass is 354 g/mol. The minimum atomic E-state index is -0.642. The second-order valence-electron chi connectivity index (χ2n) is 6.81. The van der Waals surface area contributed by atoms with Gasteiger partial charge >= 0.3 is 0 Å². The van der Waals surface area contributed by atoms with E-state index in [-0.39, 0.29) is 18.1 Å². The van der Waals surface area contributed by atoms with E-state index in [1.807, 2.05) is 48.6 Å². The maximum Gasteiger partial charge on any atom is 0.225 e. The molecule has 0 heterocycles. The van der Waals surface area contributed by atoms with E-state index in [1.165, 1.54) is 0 Å². The molecule has 2 aliphatic rings. The summed E-state index contributed by atoms with van der Waals surface area (Å²) in [6.45, 7) is 0. The summed E-state index contributed by atoms with van der Waals surface area (Å²) in [7, 11) is 0. The van der Waals surface area contributed by atoms with Gasteiger partial charge in [0.1, 0.15) is 0 Å². The summed E-state index contributed by atoms with van der Waals surface area (Å²) >= 11 is 0. The Hall–Kier alpha value is -3.33. The van der Waals surface area contributed by atoms with E-state index in [4.69, 9.17) is 0 Å². The first kappa shape index (κ1) is 17.1. The summed E-state index contributed by atoms with van der Waals surface area (Å²) in [6, 6.07) is 18.7. The molecule has 2 aromatic rings. The van der Waals surface area contributed by atoms with Crippen molar-refractivity contribution >= 4 is 23.4 Å². The lowest BCUT2D eigenvalue weighted by atomic mass is 9.79. The molecule has 0 radical (unpaired) electrons. The maximum absolute atomic E-state index is 12.7. The Balaban J connectivity index is 1.68. The highest BCUT2D eigenvalue weighted by atomic mass is 16.2. The molecule has 0 amide bonds. The van der Waals surface area contributed by atoms with Crippen molar-refractivity contribution < 1.29 is 14.4 Å². The normalized spacial score (nSPS) is 22.7. The number of benzene rings is 2. The van der Waals surface area contributed by atoms with E-state index in [2.05, 4.69) is 0 Å². The number of fused-ring (bicyclic) bond motifs is 1. The van der Waals surface area contributed by atoms with Crippen LogP contribution in [0.3, 0.4) is 0 Å². The van der Waals surface area contributed by atoms with Crippen molar-refractivity contribution in [3.63, 3.8) is 0 Å². The van der Waals surface area contributed by atoms with Gasteiger partial charge in [0.05, 0.1) is 0 Å². The van der Waals surface area contributed by atoms with Crippen LogP contribution < -0.4 is 0 Å². The minimum Gasteiger partial charge on any atom is -0.294 e. The zero-order valence-electron chi connectivity index (χ0n) is 14.7. The highest BCUT2D eigenvalue weighted by Crippen LogP contribution is 2.42. The molecule has 0 bridgehead atoms. The Bertz CT molecular complexity index is 994. The molecule has 0 N–H and O–H groups in total. The molecule has 1 fully saturated rings. The Morgan fingerprint density at radius 2 is 1.59 bits per heavy atom. The number of carbonyl (C=O) groups is 3. The van der Waals surface area contributed by atoms with E-state index in [0.717, 1.165) is 11.1 Å². The predicted octanol–water partition coefficient (Wildman–Crippen LogP) is 4.22. The van der Waals surface area contributed by atoms with Gasteiger partial charge in [-0.2, -0.15) is 0 Å². The van der Waals surface area contributed by atoms with E-state index < -0.39 is 17.5 Å². The number of allylic oxidation sites excluding steroid dienone is 5. The molecular weight excluding hydrogens is 336 g/mol. The van der Waals surface area contributed by atoms with Crippen molar-refractivity contribution in [3.8, 4) is 0 Å². The number of Topliss-reactive ketones (excluding diaryl/α,β-unsaturated/α-hetero) is 3. The largest absolute Gasteiger partial charge is 0.294 e. The van der Waals surface area contributed by atoms with Crippen LogP contribution >= 0.6 is 0 Å². The highest BCUT2D eigenvalue weighted by Gasteiger charge is 2.47. The lowest BCUT2D eigenvalue weighted by Crippen LogP contribution is -2.22. The van der Waals surface area contributed by atoms with Crippen LogP contribution in [0.5, 0.6) is 0 Å². The second kappa shape index (κ2) is 7.12. The van der Waals surface area contributed by atoms with Crippen LogP contribution in [0.15, 0.2) is 90.0 Å². The molecule has 0 aromatic heterocycles. The smallest absolute Gasteiger partial charge is 0.225 e. The van der Waals surface area contributed by atoms with E-state index in [0.29, 0.717) is 11.1 Å². The molecule has 1 saturated carbocycles. The molecule has 3 heteroatoms. The zero-order chi connectivity index (χ0) is 18.8. The predicted molar refractivity (Wildman–Crippen MR) is 104 cm³/mol. The van der Waals surface area contributed by atoms with Crippen molar-refractivity contribution in [2.75, 3.05) is 0 Å². The van der Waals surface area contributed by atoms with Gasteiger partial charge in [-0.3, -0.25) is 14.4 Å². The summed E-state index contributed by atoms with van der Waals surface area (Å²) in [5.41, 5.74) is 2.95. The van der Waals surface area contributed by atoms with Crippen LogP contribution in [0.25, 0.3) is 6.08 Å². The minimum absolute atomic E-state index is 0.0383. The molecule has 132 valence electrons. The van der Waals surface area contributed by atoms with Gasteiger partial charge in [0, 0.05) is 29.4 Å². The van der Waals surface area contributed by atoms with Crippen molar-refractivity contribution in [1.82, 2.24) is 0 Å². The van der Waals surface area contributed by atoms with Crippen molar-refractivity contribution in [2.24, 2.45) is 11.8 Å². The Morgan fingerprint density at radius 1 is 0.926 bits per heavy atom. The number of hydrogen-bond donors (Lipinski definition) is 0. The molecule has 27 heavy (non-hydrogen) atoms. The first-order valence-corrected chi connectivity index (χ1v) is 8.97. The van der Waals surface area contributed by atoms with Gasteiger partial charge in [0.15, 0.2) is 5.78 Å². The molecule has 0 saturated heterocycles. The number of carbonyl (C=O) groups excluding carboxylic acids is 3. The highest BCUT2D eigenvalue weighted by molar-refractivity contribution is 6.47. The van der Waals surface area contributed by atoms with Gasteiger partial charge in [-0.15, -0.1) is 0 Å². The molecule has 3 nitrogen and oxygen atoms in total. The van der Waals surface area contributed by atoms with Crippen LogP contribution in [-0.4, -0.2) is 17.3 Å². The topological polar surface area (TPSA) is 51.2 Å².